The molecule has 1 aromatic carbocycles. The van der Waals surface area contributed by atoms with Gasteiger partial charge in [-0.15, -0.1) is 15.3 Å². The molecule has 0 fully saturated rings. The van der Waals surface area contributed by atoms with Crippen molar-refractivity contribution in [1.82, 2.24) is 24.5 Å². The Hall–Kier alpha value is -2.52. The number of benzene rings is 1. The van der Waals surface area contributed by atoms with Crippen LogP contribution in [0.25, 0.3) is 5.65 Å². The minimum Gasteiger partial charge on any atom is -0.480 e. The molecule has 8 nitrogen and oxygen atoms in total. The minimum atomic E-state index is -3.65. The molecule has 0 aliphatic carbocycles. The normalized spacial score (nSPS) is 11.8. The van der Waals surface area contributed by atoms with Gasteiger partial charge in [0.1, 0.15) is 0 Å². The summed E-state index contributed by atoms with van der Waals surface area (Å²) < 4.78 is 33.9. The van der Waals surface area contributed by atoms with Gasteiger partial charge < -0.3 is 4.74 Å². The van der Waals surface area contributed by atoms with E-state index in [-0.39, 0.29) is 11.4 Å². The molecule has 2 aromatic heterocycles. The molecular formula is C15H17N5O3S. The molecule has 3 rings (SSSR count). The number of sulfonamides is 1. The lowest BCUT2D eigenvalue weighted by Crippen LogP contribution is -2.24. The highest BCUT2D eigenvalue weighted by Gasteiger charge is 2.17. The number of nitrogens with one attached hydrogen (secondary N) is 1. The molecule has 0 amide bonds. The molecule has 0 saturated carbocycles. The van der Waals surface area contributed by atoms with Crippen molar-refractivity contribution in [2.75, 3.05) is 7.11 Å². The third-order valence-corrected chi connectivity index (χ3v) is 5.12. The van der Waals surface area contributed by atoms with Crippen LogP contribution in [0.15, 0.2) is 35.2 Å². The molecule has 0 saturated heterocycles. The summed E-state index contributed by atoms with van der Waals surface area (Å²) in [6.45, 7) is 3.77. The third-order valence-electron chi connectivity index (χ3n) is 3.72. The van der Waals surface area contributed by atoms with E-state index in [0.717, 1.165) is 11.1 Å². The van der Waals surface area contributed by atoms with Gasteiger partial charge in [0.15, 0.2) is 11.5 Å². The molecule has 9 heteroatoms. The third kappa shape index (κ3) is 3.08. The van der Waals surface area contributed by atoms with Gasteiger partial charge in [-0.2, -0.15) is 4.52 Å². The highest BCUT2D eigenvalue weighted by molar-refractivity contribution is 7.89. The fraction of sp³-hybridized carbons (Fsp3) is 0.267. The first-order valence-corrected chi connectivity index (χ1v) is 8.71. The average molecular weight is 347 g/mol. The van der Waals surface area contributed by atoms with Crippen LogP contribution in [0.1, 0.15) is 17.0 Å². The van der Waals surface area contributed by atoms with Gasteiger partial charge in [-0.05, 0) is 43.2 Å². The zero-order chi connectivity index (χ0) is 17.3. The van der Waals surface area contributed by atoms with Crippen LogP contribution in [0, 0.1) is 13.8 Å². The molecule has 1 N–H and O–H groups in total. The number of methoxy groups -OCH3 is 1. The van der Waals surface area contributed by atoms with Gasteiger partial charge in [0.05, 0.1) is 18.6 Å². The van der Waals surface area contributed by atoms with Crippen molar-refractivity contribution >= 4 is 15.7 Å². The summed E-state index contributed by atoms with van der Waals surface area (Å²) in [6.07, 6.45) is 0. The van der Waals surface area contributed by atoms with Crippen LogP contribution in [0.4, 0.5) is 0 Å². The fourth-order valence-electron chi connectivity index (χ4n) is 2.16. The predicted molar refractivity (Wildman–Crippen MR) is 87.3 cm³/mol. The number of hydrogen-bond acceptors (Lipinski definition) is 6. The minimum absolute atomic E-state index is 0.0312. The molecule has 0 radical (unpaired) electrons. The van der Waals surface area contributed by atoms with Crippen molar-refractivity contribution in [3.05, 3.63) is 47.3 Å². The molecule has 126 valence electrons. The maximum absolute atomic E-state index is 12.4. The second-order valence-electron chi connectivity index (χ2n) is 5.33. The van der Waals surface area contributed by atoms with Crippen LogP contribution in [0.5, 0.6) is 5.88 Å². The number of hydrogen-bond donors (Lipinski definition) is 1. The molecule has 0 aliphatic heterocycles. The van der Waals surface area contributed by atoms with E-state index in [0.29, 0.717) is 17.4 Å². The Morgan fingerprint density at radius 3 is 2.62 bits per heavy atom. The van der Waals surface area contributed by atoms with E-state index < -0.39 is 10.0 Å². The highest BCUT2D eigenvalue weighted by atomic mass is 32.2. The lowest BCUT2D eigenvalue weighted by Gasteiger charge is -2.08. The van der Waals surface area contributed by atoms with Crippen molar-refractivity contribution in [2.24, 2.45) is 0 Å². The van der Waals surface area contributed by atoms with Gasteiger partial charge in [-0.25, -0.2) is 13.1 Å². The number of aromatic nitrogens is 4. The fourth-order valence-corrected chi connectivity index (χ4v) is 3.22. The Morgan fingerprint density at radius 1 is 1.12 bits per heavy atom. The molecule has 3 aromatic rings. The van der Waals surface area contributed by atoms with Crippen LogP contribution in [0.3, 0.4) is 0 Å². The van der Waals surface area contributed by atoms with E-state index >= 15 is 0 Å². The number of fused-ring (bicyclic) bond motifs is 1. The van der Waals surface area contributed by atoms with Crippen molar-refractivity contribution in [1.29, 1.82) is 0 Å². The van der Waals surface area contributed by atoms with E-state index in [1.807, 2.05) is 13.8 Å². The molecular weight excluding hydrogens is 330 g/mol. The smallest absolute Gasteiger partial charge is 0.240 e. The highest BCUT2D eigenvalue weighted by Crippen LogP contribution is 2.15. The SMILES string of the molecule is COc1ccc2nnc(CNS(=O)(=O)c3ccc(C)c(C)c3)n2n1. The van der Waals surface area contributed by atoms with E-state index in [1.54, 1.807) is 30.3 Å². The summed E-state index contributed by atoms with van der Waals surface area (Å²) in [5.41, 5.74) is 2.46. The van der Waals surface area contributed by atoms with E-state index in [9.17, 15) is 8.42 Å². The number of ether oxygens (including phenoxy) is 1. The summed E-state index contributed by atoms with van der Waals surface area (Å²) in [5, 5.41) is 12.1. The van der Waals surface area contributed by atoms with Crippen LogP contribution < -0.4 is 9.46 Å². The summed E-state index contributed by atoms with van der Waals surface area (Å²) >= 11 is 0. The summed E-state index contributed by atoms with van der Waals surface area (Å²) in [4.78, 5) is 0.213. The van der Waals surface area contributed by atoms with Crippen LogP contribution >= 0.6 is 0 Å². The molecule has 24 heavy (non-hydrogen) atoms. The number of aryl methyl sites for hydroxylation is 2. The maximum Gasteiger partial charge on any atom is 0.240 e. The molecule has 2 heterocycles. The van der Waals surface area contributed by atoms with Gasteiger partial charge in [0.2, 0.25) is 15.9 Å². The van der Waals surface area contributed by atoms with Gasteiger partial charge in [-0.3, -0.25) is 0 Å². The first kappa shape index (κ1) is 16.3. The van der Waals surface area contributed by atoms with Gasteiger partial charge in [0, 0.05) is 6.07 Å². The largest absolute Gasteiger partial charge is 0.480 e. The Balaban J connectivity index is 1.85. The molecule has 0 atom stereocenters. The number of rotatable bonds is 5. The van der Waals surface area contributed by atoms with Crippen molar-refractivity contribution in [2.45, 2.75) is 25.3 Å². The Bertz CT molecular complexity index is 998. The van der Waals surface area contributed by atoms with E-state index in [1.165, 1.54) is 11.6 Å². The molecule has 0 unspecified atom stereocenters. The Labute approximate surface area is 139 Å². The average Bonchev–Trinajstić information content (AvgIpc) is 2.97. The molecule has 0 spiro atoms. The van der Waals surface area contributed by atoms with Crippen molar-refractivity contribution < 1.29 is 13.2 Å². The summed E-state index contributed by atoms with van der Waals surface area (Å²) in [7, 11) is -2.15. The predicted octanol–water partition coefficient (Wildman–Crippen LogP) is 1.23. The quantitative estimate of drug-likeness (QED) is 0.745. The maximum atomic E-state index is 12.4. The topological polar surface area (TPSA) is 98.5 Å². The van der Waals surface area contributed by atoms with Crippen molar-refractivity contribution in [3.8, 4) is 5.88 Å². The van der Waals surface area contributed by atoms with E-state index in [4.69, 9.17) is 4.74 Å². The summed E-state index contributed by atoms with van der Waals surface area (Å²) in [5.74, 6) is 0.761. The number of nitrogens with zero attached hydrogens (tertiary/aromatic N) is 4. The second kappa shape index (κ2) is 6.17. The van der Waals surface area contributed by atoms with Crippen LogP contribution in [0.2, 0.25) is 0 Å². The zero-order valence-electron chi connectivity index (χ0n) is 13.5. The van der Waals surface area contributed by atoms with Crippen LogP contribution in [-0.2, 0) is 16.6 Å². The lowest BCUT2D eigenvalue weighted by molar-refractivity contribution is 0.389. The van der Waals surface area contributed by atoms with Gasteiger partial charge in [-0.1, -0.05) is 6.07 Å². The van der Waals surface area contributed by atoms with Gasteiger partial charge >= 0.3 is 0 Å². The second-order valence-corrected chi connectivity index (χ2v) is 7.10. The van der Waals surface area contributed by atoms with Crippen LogP contribution in [-0.4, -0.2) is 35.3 Å². The first-order valence-electron chi connectivity index (χ1n) is 7.23. The first-order chi connectivity index (χ1) is 11.4. The zero-order valence-corrected chi connectivity index (χ0v) is 14.3. The Morgan fingerprint density at radius 2 is 1.92 bits per heavy atom. The molecule has 0 bridgehead atoms. The standard InChI is InChI=1S/C15H17N5O3S/c1-10-4-5-12(8-11(10)2)24(21,22)16-9-14-18-17-13-6-7-15(23-3)19-20(13)14/h4-8,16H,9H2,1-3H3. The van der Waals surface area contributed by atoms with Crippen molar-refractivity contribution in [3.63, 3.8) is 0 Å². The Kier molecular flexibility index (Phi) is 4.20. The van der Waals surface area contributed by atoms with Gasteiger partial charge in [0.25, 0.3) is 0 Å². The monoisotopic (exact) mass is 347 g/mol. The van der Waals surface area contributed by atoms with E-state index in [2.05, 4.69) is 20.0 Å². The summed E-state index contributed by atoms with van der Waals surface area (Å²) in [6, 6.07) is 8.35. The lowest BCUT2D eigenvalue weighted by atomic mass is 10.1. The molecule has 0 aliphatic rings.